The van der Waals surface area contributed by atoms with Crippen LogP contribution in [0, 0.1) is 0 Å². The molecule has 0 aliphatic carbocycles. The molecule has 1 aliphatic rings. The minimum atomic E-state index is -2.80. The van der Waals surface area contributed by atoms with Crippen LogP contribution in [0.3, 0.4) is 0 Å². The van der Waals surface area contributed by atoms with Crippen molar-refractivity contribution in [1.29, 1.82) is 0 Å². The average Bonchev–Trinajstić information content (AvgIpc) is 3.22. The number of pyridine rings is 1. The van der Waals surface area contributed by atoms with Crippen LogP contribution >= 0.6 is 0 Å². The predicted octanol–water partition coefficient (Wildman–Crippen LogP) is 4.43. The van der Waals surface area contributed by atoms with Crippen molar-refractivity contribution in [1.82, 2.24) is 4.98 Å². The van der Waals surface area contributed by atoms with Gasteiger partial charge in [-0.05, 0) is 65.9 Å². The number of benzene rings is 4. The van der Waals surface area contributed by atoms with Gasteiger partial charge in [0.1, 0.15) is 0 Å². The Kier molecular flexibility index (Phi) is 6.83. The molecule has 0 atom stereocenters. The van der Waals surface area contributed by atoms with Crippen molar-refractivity contribution in [2.45, 2.75) is 38.9 Å². The van der Waals surface area contributed by atoms with Crippen LogP contribution in [-0.4, -0.2) is 31.4 Å². The molecule has 198 valence electrons. The number of aromatic nitrogens is 1. The van der Waals surface area contributed by atoms with Gasteiger partial charge in [0.25, 0.3) is 0 Å². The zero-order valence-electron chi connectivity index (χ0n) is 23.5. The Morgan fingerprint density at radius 2 is 1.07 bits per heavy atom. The minimum absolute atomic E-state index is 0.407. The second-order valence-electron chi connectivity index (χ2n) is 11.5. The molecule has 6 rings (SSSR count). The van der Waals surface area contributed by atoms with Crippen LogP contribution in [0.15, 0.2) is 134 Å². The van der Waals surface area contributed by atoms with Crippen molar-refractivity contribution in [2.75, 3.05) is 0 Å². The van der Waals surface area contributed by atoms with E-state index in [4.69, 9.17) is 14.3 Å². The smallest absolute Gasteiger partial charge is 0.399 e. The van der Waals surface area contributed by atoms with Gasteiger partial charge in [0.15, 0.2) is 0 Å². The van der Waals surface area contributed by atoms with Gasteiger partial charge >= 0.3 is 7.12 Å². The van der Waals surface area contributed by atoms with Crippen LogP contribution in [0.1, 0.15) is 27.7 Å². The van der Waals surface area contributed by atoms with E-state index in [9.17, 15) is 0 Å². The highest BCUT2D eigenvalue weighted by molar-refractivity contribution is 7.19. The first-order chi connectivity index (χ1) is 19.3. The summed E-state index contributed by atoms with van der Waals surface area (Å²) in [6.07, 6.45) is 2.02. The Balaban J connectivity index is 1.57. The molecular weight excluding hydrogens is 505 g/mol. The summed E-state index contributed by atoms with van der Waals surface area (Å²) >= 11 is 0. The van der Waals surface area contributed by atoms with Gasteiger partial charge in [-0.1, -0.05) is 121 Å². The molecule has 5 aromatic rings. The summed E-state index contributed by atoms with van der Waals surface area (Å²) in [4.78, 5) is 5.23. The van der Waals surface area contributed by atoms with E-state index in [0.717, 1.165) is 21.9 Å². The zero-order valence-corrected chi connectivity index (χ0v) is 24.5. The molecule has 0 N–H and O–H groups in total. The lowest BCUT2D eigenvalue weighted by atomic mass is 9.79. The normalized spacial score (nSPS) is 16.1. The number of nitrogens with zero attached hydrogens (tertiary/aromatic N) is 1. The maximum absolute atomic E-state index is 6.48. The summed E-state index contributed by atoms with van der Waals surface area (Å²) in [6, 6.07) is 45.4. The lowest BCUT2D eigenvalue weighted by Crippen LogP contribution is -2.75. The first kappa shape index (κ1) is 26.5. The first-order valence-electron chi connectivity index (χ1n) is 13.9. The summed E-state index contributed by atoms with van der Waals surface area (Å²) in [7, 11) is -3.23. The lowest BCUT2D eigenvalue weighted by Gasteiger charge is -2.33. The monoisotopic (exact) mass is 539 g/mol. The standard InChI is InChI=1S/C35H34BNO2Si/c1-34(2)35(3,4)39-36(38-34)29-17-14-22-32(25-29)40(30-18-10-6-11-19-30,31-20-12-7-13-21-31)33-24-23-28(26-37-33)27-15-8-5-9-16-27/h5-26H,1-4H3. The molecule has 2 heterocycles. The molecule has 0 spiro atoms. The van der Waals surface area contributed by atoms with Gasteiger partial charge in [-0.2, -0.15) is 0 Å². The molecule has 1 aliphatic heterocycles. The van der Waals surface area contributed by atoms with Crippen LogP contribution in [0.4, 0.5) is 0 Å². The van der Waals surface area contributed by atoms with E-state index in [1.54, 1.807) is 0 Å². The van der Waals surface area contributed by atoms with E-state index >= 15 is 0 Å². The molecule has 1 fully saturated rings. The second kappa shape index (κ2) is 10.3. The molecule has 3 nitrogen and oxygen atoms in total. The van der Waals surface area contributed by atoms with E-state index in [1.807, 2.05) is 12.3 Å². The first-order valence-corrected chi connectivity index (χ1v) is 15.9. The number of rotatable bonds is 6. The fourth-order valence-electron chi connectivity index (χ4n) is 5.63. The van der Waals surface area contributed by atoms with Gasteiger partial charge in [-0.3, -0.25) is 4.98 Å². The van der Waals surface area contributed by atoms with Crippen LogP contribution in [0.2, 0.25) is 0 Å². The Morgan fingerprint density at radius 1 is 0.550 bits per heavy atom. The third kappa shape index (κ3) is 4.54. The molecule has 0 radical (unpaired) electrons. The van der Waals surface area contributed by atoms with E-state index in [-0.39, 0.29) is 0 Å². The summed E-state index contributed by atoms with van der Waals surface area (Å²) < 4.78 is 13.0. The van der Waals surface area contributed by atoms with Crippen LogP contribution in [0.5, 0.6) is 0 Å². The Bertz CT molecular complexity index is 1530. The summed E-state index contributed by atoms with van der Waals surface area (Å²) in [5, 5.41) is 4.91. The summed E-state index contributed by atoms with van der Waals surface area (Å²) in [6.45, 7) is 8.40. The maximum atomic E-state index is 6.48. The second-order valence-corrected chi connectivity index (χ2v) is 15.2. The van der Waals surface area contributed by atoms with Gasteiger partial charge in [-0.25, -0.2) is 0 Å². The molecule has 0 unspecified atom stereocenters. The van der Waals surface area contributed by atoms with Gasteiger partial charge < -0.3 is 9.31 Å². The molecule has 5 heteroatoms. The van der Waals surface area contributed by atoms with Crippen molar-refractivity contribution in [3.8, 4) is 11.1 Å². The van der Waals surface area contributed by atoms with Gasteiger partial charge in [0, 0.05) is 11.5 Å². The molecule has 40 heavy (non-hydrogen) atoms. The molecule has 0 amide bonds. The van der Waals surface area contributed by atoms with Gasteiger partial charge in [0.2, 0.25) is 8.07 Å². The maximum Gasteiger partial charge on any atom is 0.494 e. The topological polar surface area (TPSA) is 31.4 Å². The summed E-state index contributed by atoms with van der Waals surface area (Å²) in [5.74, 6) is 0. The SMILES string of the molecule is CC1(C)OB(c2cccc([Si](c3ccccc3)(c3ccccc3)c3ccc(-c4ccccc4)cn3)c2)OC1(C)C. The fraction of sp³-hybridized carbons (Fsp3) is 0.171. The molecule has 0 saturated carbocycles. The lowest BCUT2D eigenvalue weighted by molar-refractivity contribution is 0.00578. The number of hydrogen-bond acceptors (Lipinski definition) is 3. The van der Waals surface area contributed by atoms with Crippen molar-refractivity contribution >= 4 is 41.5 Å². The van der Waals surface area contributed by atoms with E-state index in [1.165, 1.54) is 15.6 Å². The Labute approximate surface area is 239 Å². The molecule has 0 bridgehead atoms. The van der Waals surface area contributed by atoms with E-state index < -0.39 is 26.4 Å². The molecule has 1 aromatic heterocycles. The van der Waals surface area contributed by atoms with E-state index in [2.05, 4.69) is 149 Å². The third-order valence-electron chi connectivity index (χ3n) is 8.51. The van der Waals surface area contributed by atoms with Crippen molar-refractivity contribution in [2.24, 2.45) is 0 Å². The summed E-state index contributed by atoms with van der Waals surface area (Å²) in [5.41, 5.74) is 2.49. The van der Waals surface area contributed by atoms with Crippen LogP contribution < -0.4 is 26.3 Å². The van der Waals surface area contributed by atoms with Crippen molar-refractivity contribution in [3.05, 3.63) is 134 Å². The highest BCUT2D eigenvalue weighted by Crippen LogP contribution is 2.36. The molecule has 4 aromatic carbocycles. The molecule has 1 saturated heterocycles. The highest BCUT2D eigenvalue weighted by Gasteiger charge is 2.52. The van der Waals surface area contributed by atoms with Crippen molar-refractivity contribution < 1.29 is 9.31 Å². The Morgan fingerprint density at radius 3 is 1.60 bits per heavy atom. The Hall–Kier alpha value is -3.77. The number of hydrogen-bond donors (Lipinski definition) is 0. The average molecular weight is 540 g/mol. The quantitative estimate of drug-likeness (QED) is 0.237. The fourth-order valence-corrected chi connectivity index (χ4v) is 10.2. The van der Waals surface area contributed by atoms with E-state index in [0.29, 0.717) is 0 Å². The minimum Gasteiger partial charge on any atom is -0.399 e. The predicted molar refractivity (Wildman–Crippen MR) is 169 cm³/mol. The zero-order chi connectivity index (χ0) is 27.8. The van der Waals surface area contributed by atoms with Gasteiger partial charge in [0.05, 0.1) is 11.2 Å². The van der Waals surface area contributed by atoms with Gasteiger partial charge in [-0.15, -0.1) is 0 Å². The highest BCUT2D eigenvalue weighted by atomic mass is 28.3. The third-order valence-corrected chi connectivity index (χ3v) is 13.2. The largest absolute Gasteiger partial charge is 0.494 e. The van der Waals surface area contributed by atoms with Crippen LogP contribution in [0.25, 0.3) is 11.1 Å². The molecular formula is C35H34BNO2Si. The van der Waals surface area contributed by atoms with Crippen LogP contribution in [-0.2, 0) is 9.31 Å². The van der Waals surface area contributed by atoms with Crippen molar-refractivity contribution in [3.63, 3.8) is 0 Å².